The summed E-state index contributed by atoms with van der Waals surface area (Å²) in [5, 5.41) is 6.19. The normalized spacial score (nSPS) is 10.3. The number of aromatic nitrogens is 1. The number of anilines is 1. The quantitative estimate of drug-likeness (QED) is 0.508. The van der Waals surface area contributed by atoms with Crippen LogP contribution < -0.4 is 10.7 Å². The van der Waals surface area contributed by atoms with Crippen LogP contribution in [-0.4, -0.2) is 23.0 Å². The van der Waals surface area contributed by atoms with Gasteiger partial charge in [0.15, 0.2) is 0 Å². The predicted octanol–water partition coefficient (Wildman–Crippen LogP) is 1.48. The zero-order valence-electron chi connectivity index (χ0n) is 11.4. The van der Waals surface area contributed by atoms with Gasteiger partial charge < -0.3 is 5.32 Å². The van der Waals surface area contributed by atoms with Crippen molar-refractivity contribution >= 4 is 23.7 Å². The van der Waals surface area contributed by atoms with Gasteiger partial charge in [0.05, 0.1) is 6.21 Å². The Balaban J connectivity index is 1.87. The average molecular weight is 282 g/mol. The molecule has 0 saturated carbocycles. The van der Waals surface area contributed by atoms with Crippen LogP contribution in [0.3, 0.4) is 0 Å². The molecule has 0 fully saturated rings. The Bertz CT molecular complexity index is 651. The van der Waals surface area contributed by atoms with Crippen molar-refractivity contribution in [2.24, 2.45) is 5.10 Å². The van der Waals surface area contributed by atoms with Crippen molar-refractivity contribution < 1.29 is 9.59 Å². The number of benzene rings is 1. The molecule has 0 unspecified atom stereocenters. The Hall–Kier alpha value is -3.02. The largest absolute Gasteiger partial charge is 0.329 e. The minimum absolute atomic E-state index is 0.555. The predicted molar refractivity (Wildman–Crippen MR) is 79.8 cm³/mol. The van der Waals surface area contributed by atoms with Gasteiger partial charge in [-0.25, -0.2) is 5.43 Å². The van der Waals surface area contributed by atoms with Crippen LogP contribution in [0.25, 0.3) is 0 Å². The van der Waals surface area contributed by atoms with Crippen LogP contribution in [-0.2, 0) is 9.59 Å². The molecule has 0 aliphatic heterocycles. The van der Waals surface area contributed by atoms with Crippen molar-refractivity contribution in [3.8, 4) is 0 Å². The number of pyridine rings is 1. The van der Waals surface area contributed by atoms with E-state index in [1.165, 1.54) is 6.21 Å². The maximum atomic E-state index is 11.6. The second-order valence-corrected chi connectivity index (χ2v) is 4.30. The van der Waals surface area contributed by atoms with E-state index in [-0.39, 0.29) is 0 Å². The molecule has 6 heteroatoms. The molecular formula is C15H14N4O2. The molecule has 0 atom stereocenters. The van der Waals surface area contributed by atoms with Crippen molar-refractivity contribution in [3.63, 3.8) is 0 Å². The molecule has 0 bridgehead atoms. The first-order valence-electron chi connectivity index (χ1n) is 6.26. The fraction of sp³-hybridized carbons (Fsp3) is 0.0667. The molecule has 2 N–H and O–H groups in total. The second-order valence-electron chi connectivity index (χ2n) is 4.30. The van der Waals surface area contributed by atoms with Crippen LogP contribution in [0.1, 0.15) is 11.1 Å². The lowest BCUT2D eigenvalue weighted by Gasteiger charge is -2.03. The molecule has 6 nitrogen and oxygen atoms in total. The van der Waals surface area contributed by atoms with Crippen molar-refractivity contribution in [3.05, 3.63) is 59.9 Å². The third-order valence-electron chi connectivity index (χ3n) is 2.60. The fourth-order valence-corrected chi connectivity index (χ4v) is 1.49. The standard InChI is InChI=1S/C15H14N4O2/c1-11-2-4-13(5-3-11)18-14(20)15(21)19-17-10-12-6-8-16-9-7-12/h2-10H,1H3,(H,18,20)(H,19,21). The summed E-state index contributed by atoms with van der Waals surface area (Å²) < 4.78 is 0. The summed E-state index contributed by atoms with van der Waals surface area (Å²) in [7, 11) is 0. The van der Waals surface area contributed by atoms with E-state index < -0.39 is 11.8 Å². The van der Waals surface area contributed by atoms with Gasteiger partial charge in [-0.1, -0.05) is 17.7 Å². The summed E-state index contributed by atoms with van der Waals surface area (Å²) >= 11 is 0. The van der Waals surface area contributed by atoms with Crippen molar-refractivity contribution in [2.45, 2.75) is 6.92 Å². The lowest BCUT2D eigenvalue weighted by molar-refractivity contribution is -0.136. The minimum Gasteiger partial charge on any atom is -0.318 e. The van der Waals surface area contributed by atoms with Crippen LogP contribution in [0.4, 0.5) is 5.69 Å². The van der Waals surface area contributed by atoms with Crippen molar-refractivity contribution in [2.75, 3.05) is 5.32 Å². The minimum atomic E-state index is -0.833. The molecule has 0 aliphatic carbocycles. The highest BCUT2D eigenvalue weighted by Gasteiger charge is 2.12. The average Bonchev–Trinajstić information content (AvgIpc) is 2.50. The first kappa shape index (κ1) is 14.4. The molecule has 106 valence electrons. The van der Waals surface area contributed by atoms with Crippen molar-refractivity contribution in [1.82, 2.24) is 10.4 Å². The Morgan fingerprint density at radius 1 is 1.05 bits per heavy atom. The van der Waals surface area contributed by atoms with Gasteiger partial charge in [0.25, 0.3) is 0 Å². The van der Waals surface area contributed by atoms with Gasteiger partial charge in [0.1, 0.15) is 0 Å². The third kappa shape index (κ3) is 4.54. The Kier molecular flexibility index (Phi) is 4.76. The van der Waals surface area contributed by atoms with E-state index in [0.29, 0.717) is 5.69 Å². The monoisotopic (exact) mass is 282 g/mol. The smallest absolute Gasteiger partial charge is 0.318 e. The molecule has 1 heterocycles. The number of amides is 2. The van der Waals surface area contributed by atoms with E-state index in [1.54, 1.807) is 36.7 Å². The zero-order chi connectivity index (χ0) is 15.1. The van der Waals surface area contributed by atoms with Gasteiger partial charge in [-0.2, -0.15) is 5.10 Å². The highest BCUT2D eigenvalue weighted by Crippen LogP contribution is 2.08. The fourth-order valence-electron chi connectivity index (χ4n) is 1.49. The summed E-state index contributed by atoms with van der Waals surface area (Å²) in [6, 6.07) is 10.6. The highest BCUT2D eigenvalue weighted by atomic mass is 16.2. The molecule has 2 aromatic rings. The van der Waals surface area contributed by atoms with Crippen LogP contribution in [0.15, 0.2) is 53.9 Å². The first-order chi connectivity index (χ1) is 10.1. The van der Waals surface area contributed by atoms with Gasteiger partial charge in [0, 0.05) is 18.1 Å². The molecule has 1 aromatic carbocycles. The maximum Gasteiger partial charge on any atom is 0.329 e. The summed E-state index contributed by atoms with van der Waals surface area (Å²) in [5.41, 5.74) is 4.55. The van der Waals surface area contributed by atoms with Gasteiger partial charge in [-0.3, -0.25) is 14.6 Å². The first-order valence-corrected chi connectivity index (χ1v) is 6.26. The lowest BCUT2D eigenvalue weighted by Crippen LogP contribution is -2.32. The van der Waals surface area contributed by atoms with E-state index in [1.807, 2.05) is 19.1 Å². The van der Waals surface area contributed by atoms with E-state index in [4.69, 9.17) is 0 Å². The third-order valence-corrected chi connectivity index (χ3v) is 2.60. The van der Waals surface area contributed by atoms with Crippen LogP contribution >= 0.6 is 0 Å². The topological polar surface area (TPSA) is 83.5 Å². The SMILES string of the molecule is Cc1ccc(NC(=O)C(=O)NN=Cc2ccncc2)cc1. The molecular weight excluding hydrogens is 268 g/mol. The molecule has 2 amide bonds. The molecule has 0 saturated heterocycles. The van der Waals surface area contributed by atoms with Crippen LogP contribution in [0.2, 0.25) is 0 Å². The van der Waals surface area contributed by atoms with Gasteiger partial charge in [-0.15, -0.1) is 0 Å². The van der Waals surface area contributed by atoms with E-state index in [0.717, 1.165) is 11.1 Å². The lowest BCUT2D eigenvalue weighted by atomic mass is 10.2. The second kappa shape index (κ2) is 6.95. The number of carbonyl (C=O) groups excluding carboxylic acids is 2. The number of hydrazone groups is 1. The number of hydrogen-bond acceptors (Lipinski definition) is 4. The summed E-state index contributed by atoms with van der Waals surface area (Å²) in [5.74, 6) is -1.60. The molecule has 21 heavy (non-hydrogen) atoms. The highest BCUT2D eigenvalue weighted by molar-refractivity contribution is 6.39. The Labute approximate surface area is 121 Å². The number of nitrogens with one attached hydrogen (secondary N) is 2. The van der Waals surface area contributed by atoms with Crippen LogP contribution in [0, 0.1) is 6.92 Å². The summed E-state index contributed by atoms with van der Waals surface area (Å²) in [6.45, 7) is 1.94. The summed E-state index contributed by atoms with van der Waals surface area (Å²) in [6.07, 6.45) is 4.64. The Morgan fingerprint density at radius 2 is 1.71 bits per heavy atom. The molecule has 0 radical (unpaired) electrons. The molecule has 0 aliphatic rings. The van der Waals surface area contributed by atoms with Crippen molar-refractivity contribution in [1.29, 1.82) is 0 Å². The molecule has 0 spiro atoms. The summed E-state index contributed by atoms with van der Waals surface area (Å²) in [4.78, 5) is 27.0. The molecule has 1 aromatic heterocycles. The Morgan fingerprint density at radius 3 is 2.38 bits per heavy atom. The number of rotatable bonds is 3. The number of aryl methyl sites for hydroxylation is 1. The maximum absolute atomic E-state index is 11.6. The van der Waals surface area contributed by atoms with Gasteiger partial charge >= 0.3 is 11.8 Å². The number of nitrogens with zero attached hydrogens (tertiary/aromatic N) is 2. The van der Waals surface area contributed by atoms with Crippen LogP contribution in [0.5, 0.6) is 0 Å². The zero-order valence-corrected chi connectivity index (χ0v) is 11.4. The van der Waals surface area contributed by atoms with Gasteiger partial charge in [-0.05, 0) is 36.8 Å². The van der Waals surface area contributed by atoms with E-state index in [9.17, 15) is 9.59 Å². The number of hydrogen-bond donors (Lipinski definition) is 2. The van der Waals surface area contributed by atoms with E-state index >= 15 is 0 Å². The number of carbonyl (C=O) groups is 2. The van der Waals surface area contributed by atoms with Gasteiger partial charge in [0.2, 0.25) is 0 Å². The van der Waals surface area contributed by atoms with E-state index in [2.05, 4.69) is 20.8 Å². The molecule has 2 rings (SSSR count).